The number of hydrogen-bond donors (Lipinski definition) is 1. The second kappa shape index (κ2) is 4.09. The predicted molar refractivity (Wildman–Crippen MR) is 56.4 cm³/mol. The van der Waals surface area contributed by atoms with Gasteiger partial charge in [-0.3, -0.25) is 19.8 Å². The van der Waals surface area contributed by atoms with Crippen molar-refractivity contribution in [2.45, 2.75) is 25.4 Å². The number of carbonyl (C=O) groups is 2. The van der Waals surface area contributed by atoms with E-state index in [0.29, 0.717) is 0 Å². The van der Waals surface area contributed by atoms with Crippen molar-refractivity contribution in [3.8, 4) is 0 Å². The summed E-state index contributed by atoms with van der Waals surface area (Å²) in [6.45, 7) is 1.93. The first-order valence-electron chi connectivity index (χ1n) is 5.18. The van der Waals surface area contributed by atoms with Crippen LogP contribution in [0.1, 0.15) is 24.9 Å². The van der Waals surface area contributed by atoms with Crippen molar-refractivity contribution < 1.29 is 14.0 Å². The number of carbonyl (C=O) groups excluding carboxylic acids is 2. The van der Waals surface area contributed by atoms with E-state index in [1.807, 2.05) is 13.0 Å². The third-order valence-electron chi connectivity index (χ3n) is 2.88. The van der Waals surface area contributed by atoms with Gasteiger partial charge >= 0.3 is 0 Å². The van der Waals surface area contributed by atoms with Crippen molar-refractivity contribution in [3.05, 3.63) is 24.2 Å². The lowest BCUT2D eigenvalue weighted by atomic mass is 10.1. The van der Waals surface area contributed by atoms with Gasteiger partial charge in [-0.15, -0.1) is 0 Å². The Morgan fingerprint density at radius 2 is 2.31 bits per heavy atom. The van der Waals surface area contributed by atoms with Gasteiger partial charge < -0.3 is 4.42 Å². The Bertz CT molecular complexity index is 399. The van der Waals surface area contributed by atoms with E-state index in [0.717, 1.165) is 5.56 Å². The first-order valence-corrected chi connectivity index (χ1v) is 5.18. The third kappa shape index (κ3) is 1.86. The second-order valence-corrected chi connectivity index (χ2v) is 3.99. The summed E-state index contributed by atoms with van der Waals surface area (Å²) in [5, 5.41) is 3.12. The maximum absolute atomic E-state index is 11.6. The maximum Gasteiger partial charge on any atom is 0.246 e. The van der Waals surface area contributed by atoms with Crippen LogP contribution in [-0.4, -0.2) is 29.8 Å². The molecule has 1 aromatic rings. The van der Waals surface area contributed by atoms with Crippen LogP contribution in [0.25, 0.3) is 0 Å². The fourth-order valence-corrected chi connectivity index (χ4v) is 1.81. The molecule has 2 rings (SSSR count). The zero-order valence-electron chi connectivity index (χ0n) is 9.27. The van der Waals surface area contributed by atoms with E-state index in [2.05, 4.69) is 5.32 Å². The van der Waals surface area contributed by atoms with E-state index in [-0.39, 0.29) is 24.3 Å². The second-order valence-electron chi connectivity index (χ2n) is 3.99. The predicted octanol–water partition coefficient (Wildman–Crippen LogP) is 0.687. The van der Waals surface area contributed by atoms with E-state index < -0.39 is 6.04 Å². The first-order chi connectivity index (χ1) is 7.59. The highest BCUT2D eigenvalue weighted by molar-refractivity contribution is 6.05. The van der Waals surface area contributed by atoms with Crippen molar-refractivity contribution in [1.82, 2.24) is 10.2 Å². The molecule has 0 spiro atoms. The number of rotatable bonds is 3. The summed E-state index contributed by atoms with van der Waals surface area (Å²) in [7, 11) is 1.51. The van der Waals surface area contributed by atoms with E-state index in [9.17, 15) is 9.59 Å². The van der Waals surface area contributed by atoms with E-state index in [1.165, 1.54) is 11.9 Å². The zero-order valence-corrected chi connectivity index (χ0v) is 9.27. The fraction of sp³-hybridized carbons (Fsp3) is 0.455. The highest BCUT2D eigenvalue weighted by Gasteiger charge is 2.36. The van der Waals surface area contributed by atoms with Crippen LogP contribution < -0.4 is 5.32 Å². The smallest absolute Gasteiger partial charge is 0.246 e. The molecule has 0 aliphatic carbocycles. The molecule has 86 valence electrons. The summed E-state index contributed by atoms with van der Waals surface area (Å²) in [5.74, 6) is -0.303. The zero-order chi connectivity index (χ0) is 11.7. The molecule has 2 unspecified atom stereocenters. The molecule has 0 radical (unpaired) electrons. The van der Waals surface area contributed by atoms with Gasteiger partial charge in [0.1, 0.15) is 0 Å². The third-order valence-corrected chi connectivity index (χ3v) is 2.88. The molecule has 1 N–H and O–H groups in total. The lowest BCUT2D eigenvalue weighted by Gasteiger charge is -2.16. The van der Waals surface area contributed by atoms with Gasteiger partial charge in [0.05, 0.1) is 25.0 Å². The van der Waals surface area contributed by atoms with Crippen LogP contribution in [-0.2, 0) is 9.59 Å². The van der Waals surface area contributed by atoms with Crippen LogP contribution in [0.4, 0.5) is 0 Å². The molecule has 0 saturated carbocycles. The van der Waals surface area contributed by atoms with Gasteiger partial charge in [0.25, 0.3) is 0 Å². The summed E-state index contributed by atoms with van der Waals surface area (Å²) in [5.41, 5.74) is 0.967. The number of amides is 2. The van der Waals surface area contributed by atoms with Crippen LogP contribution in [0.3, 0.4) is 0 Å². The van der Waals surface area contributed by atoms with Crippen molar-refractivity contribution in [2.75, 3.05) is 7.05 Å². The Kier molecular flexibility index (Phi) is 2.78. The maximum atomic E-state index is 11.6. The van der Waals surface area contributed by atoms with Crippen LogP contribution >= 0.6 is 0 Å². The molecule has 1 aliphatic rings. The molecule has 2 amide bonds. The number of nitrogens with one attached hydrogen (secondary N) is 1. The minimum atomic E-state index is -0.414. The quantitative estimate of drug-likeness (QED) is 0.764. The highest BCUT2D eigenvalue weighted by atomic mass is 16.3. The van der Waals surface area contributed by atoms with E-state index >= 15 is 0 Å². The normalized spacial score (nSPS) is 22.9. The summed E-state index contributed by atoms with van der Waals surface area (Å²) >= 11 is 0. The summed E-state index contributed by atoms with van der Waals surface area (Å²) in [6, 6.07) is 1.41. The minimum absolute atomic E-state index is 0.00741. The van der Waals surface area contributed by atoms with Gasteiger partial charge in [0.2, 0.25) is 11.8 Å². The fourth-order valence-electron chi connectivity index (χ4n) is 1.81. The van der Waals surface area contributed by atoms with E-state index in [4.69, 9.17) is 4.42 Å². The number of likely N-dealkylation sites (N-methyl/N-ethyl adjacent to an activating group) is 1. The van der Waals surface area contributed by atoms with Gasteiger partial charge in [0, 0.05) is 18.7 Å². The average molecular weight is 222 g/mol. The Morgan fingerprint density at radius 1 is 1.56 bits per heavy atom. The summed E-state index contributed by atoms with van der Waals surface area (Å²) in [6.07, 6.45) is 3.45. The topological polar surface area (TPSA) is 62.6 Å². The SMILES string of the molecule is CC(NC1CC(=O)N(C)C1=O)c1ccoc1. The number of hydrogen-bond acceptors (Lipinski definition) is 4. The molecule has 5 heteroatoms. The molecular weight excluding hydrogens is 208 g/mol. The molecule has 16 heavy (non-hydrogen) atoms. The number of furan rings is 1. The van der Waals surface area contributed by atoms with Gasteiger partial charge in [0.15, 0.2) is 0 Å². The Hall–Kier alpha value is -1.62. The molecule has 2 heterocycles. The van der Waals surface area contributed by atoms with Gasteiger partial charge in [-0.25, -0.2) is 0 Å². The van der Waals surface area contributed by atoms with Crippen LogP contribution in [0.15, 0.2) is 23.0 Å². The molecular formula is C11H14N2O3. The molecule has 0 bridgehead atoms. The van der Waals surface area contributed by atoms with Crippen molar-refractivity contribution in [1.29, 1.82) is 0 Å². The molecule has 0 aromatic carbocycles. The first kappa shape index (κ1) is 10.9. The Labute approximate surface area is 93.4 Å². The van der Waals surface area contributed by atoms with Crippen molar-refractivity contribution in [3.63, 3.8) is 0 Å². The standard InChI is InChI=1S/C11H14N2O3/c1-7(8-3-4-16-6-8)12-9-5-10(14)13(2)11(9)15/h3-4,6-7,9,12H,5H2,1-2H3. The van der Waals surface area contributed by atoms with E-state index in [1.54, 1.807) is 12.5 Å². The van der Waals surface area contributed by atoms with Crippen LogP contribution in [0.2, 0.25) is 0 Å². The lowest BCUT2D eigenvalue weighted by Crippen LogP contribution is -2.38. The van der Waals surface area contributed by atoms with Crippen molar-refractivity contribution in [2.24, 2.45) is 0 Å². The number of nitrogens with zero attached hydrogens (tertiary/aromatic N) is 1. The molecule has 1 aromatic heterocycles. The number of imide groups is 1. The molecule has 1 aliphatic heterocycles. The Balaban J connectivity index is 2.01. The molecule has 1 fully saturated rings. The van der Waals surface area contributed by atoms with Gasteiger partial charge in [-0.05, 0) is 13.0 Å². The monoisotopic (exact) mass is 222 g/mol. The molecule has 1 saturated heterocycles. The average Bonchev–Trinajstić information content (AvgIpc) is 2.85. The van der Waals surface area contributed by atoms with Crippen LogP contribution in [0, 0.1) is 0 Å². The molecule has 2 atom stereocenters. The highest BCUT2D eigenvalue weighted by Crippen LogP contribution is 2.17. The lowest BCUT2D eigenvalue weighted by molar-refractivity contribution is -0.137. The van der Waals surface area contributed by atoms with Crippen molar-refractivity contribution >= 4 is 11.8 Å². The number of likely N-dealkylation sites (tertiary alicyclic amines) is 1. The van der Waals surface area contributed by atoms with Gasteiger partial charge in [-0.1, -0.05) is 0 Å². The Morgan fingerprint density at radius 3 is 2.81 bits per heavy atom. The van der Waals surface area contributed by atoms with Crippen LogP contribution in [0.5, 0.6) is 0 Å². The summed E-state index contributed by atoms with van der Waals surface area (Å²) < 4.78 is 4.97. The minimum Gasteiger partial charge on any atom is -0.472 e. The largest absolute Gasteiger partial charge is 0.472 e. The molecule has 5 nitrogen and oxygen atoms in total. The van der Waals surface area contributed by atoms with Gasteiger partial charge in [-0.2, -0.15) is 0 Å². The summed E-state index contributed by atoms with van der Waals surface area (Å²) in [4.78, 5) is 24.1.